The lowest BCUT2D eigenvalue weighted by Gasteiger charge is -2.17. The number of carbonyl (C=O) groups excluding carboxylic acids is 1. The molecule has 0 radical (unpaired) electrons. The SMILES string of the molecule is COc1ccc(C)cc1NC(=O)CNc1ccc(C)c(S(=O)(=O)c2ccccc2)c1C. The molecule has 1 amide bonds. The van der Waals surface area contributed by atoms with Crippen LogP contribution < -0.4 is 15.4 Å². The van der Waals surface area contributed by atoms with Gasteiger partial charge in [0.1, 0.15) is 5.75 Å². The van der Waals surface area contributed by atoms with E-state index in [0.717, 1.165) is 5.56 Å². The van der Waals surface area contributed by atoms with Crippen LogP contribution in [-0.2, 0) is 14.6 Å². The third-order valence-electron chi connectivity index (χ3n) is 4.99. The van der Waals surface area contributed by atoms with Crippen LogP contribution >= 0.6 is 0 Å². The lowest BCUT2D eigenvalue weighted by molar-refractivity contribution is -0.114. The number of aryl methyl sites for hydroxylation is 2. The van der Waals surface area contributed by atoms with E-state index in [-0.39, 0.29) is 22.2 Å². The maximum atomic E-state index is 13.2. The Labute approximate surface area is 183 Å². The second kappa shape index (κ2) is 9.22. The van der Waals surface area contributed by atoms with Gasteiger partial charge in [0.2, 0.25) is 15.7 Å². The van der Waals surface area contributed by atoms with Crippen molar-refractivity contribution >= 4 is 27.1 Å². The summed E-state index contributed by atoms with van der Waals surface area (Å²) in [5, 5.41) is 5.89. The Hall–Kier alpha value is -3.32. The summed E-state index contributed by atoms with van der Waals surface area (Å²) < 4.78 is 31.7. The van der Waals surface area contributed by atoms with E-state index < -0.39 is 9.84 Å². The quantitative estimate of drug-likeness (QED) is 0.567. The van der Waals surface area contributed by atoms with Gasteiger partial charge in [-0.25, -0.2) is 8.42 Å². The van der Waals surface area contributed by atoms with E-state index in [9.17, 15) is 13.2 Å². The number of ether oxygens (including phenoxy) is 1. The number of hydrogen-bond donors (Lipinski definition) is 2. The molecule has 0 aliphatic heterocycles. The summed E-state index contributed by atoms with van der Waals surface area (Å²) in [6, 6.07) is 17.4. The molecule has 0 bridgehead atoms. The largest absolute Gasteiger partial charge is 0.495 e. The van der Waals surface area contributed by atoms with Gasteiger partial charge in [0.05, 0.1) is 29.1 Å². The van der Waals surface area contributed by atoms with Crippen LogP contribution in [0.15, 0.2) is 70.5 Å². The van der Waals surface area contributed by atoms with Crippen molar-refractivity contribution in [1.29, 1.82) is 0 Å². The van der Waals surface area contributed by atoms with Gasteiger partial charge in [-0.3, -0.25) is 4.79 Å². The first-order chi connectivity index (χ1) is 14.7. The molecule has 0 unspecified atom stereocenters. The van der Waals surface area contributed by atoms with E-state index in [4.69, 9.17) is 4.74 Å². The number of benzene rings is 3. The van der Waals surface area contributed by atoms with Gasteiger partial charge in [-0.05, 0) is 67.8 Å². The van der Waals surface area contributed by atoms with Gasteiger partial charge in [0.25, 0.3) is 0 Å². The van der Waals surface area contributed by atoms with Crippen LogP contribution in [0.4, 0.5) is 11.4 Å². The Morgan fingerprint density at radius 1 is 0.935 bits per heavy atom. The summed E-state index contributed by atoms with van der Waals surface area (Å²) in [4.78, 5) is 13.0. The van der Waals surface area contributed by atoms with Crippen LogP contribution in [0.3, 0.4) is 0 Å². The number of anilines is 2. The van der Waals surface area contributed by atoms with Gasteiger partial charge in [0, 0.05) is 5.69 Å². The third-order valence-corrected chi connectivity index (χ3v) is 7.05. The molecule has 3 rings (SSSR count). The summed E-state index contributed by atoms with van der Waals surface area (Å²) in [7, 11) is -2.14. The molecule has 0 aliphatic carbocycles. The van der Waals surface area contributed by atoms with Crippen molar-refractivity contribution in [2.24, 2.45) is 0 Å². The van der Waals surface area contributed by atoms with Gasteiger partial charge < -0.3 is 15.4 Å². The predicted molar refractivity (Wildman–Crippen MR) is 123 cm³/mol. The highest BCUT2D eigenvalue weighted by Crippen LogP contribution is 2.31. The summed E-state index contributed by atoms with van der Waals surface area (Å²) in [5.74, 6) is 0.304. The zero-order valence-corrected chi connectivity index (χ0v) is 18.8. The molecule has 0 atom stereocenters. The minimum Gasteiger partial charge on any atom is -0.495 e. The zero-order chi connectivity index (χ0) is 22.6. The molecule has 0 fully saturated rings. The molecule has 0 heterocycles. The van der Waals surface area contributed by atoms with Crippen LogP contribution in [0, 0.1) is 20.8 Å². The molecule has 3 aromatic rings. The molecule has 0 spiro atoms. The monoisotopic (exact) mass is 438 g/mol. The van der Waals surface area contributed by atoms with Crippen LogP contribution in [0.1, 0.15) is 16.7 Å². The van der Waals surface area contributed by atoms with Crippen LogP contribution in [0.5, 0.6) is 5.75 Å². The third kappa shape index (κ3) is 4.88. The fraction of sp³-hybridized carbons (Fsp3) is 0.208. The molecular weight excluding hydrogens is 412 g/mol. The molecule has 0 saturated heterocycles. The average molecular weight is 439 g/mol. The highest BCUT2D eigenvalue weighted by atomic mass is 32.2. The number of methoxy groups -OCH3 is 1. The number of hydrogen-bond acceptors (Lipinski definition) is 5. The zero-order valence-electron chi connectivity index (χ0n) is 18.0. The molecule has 3 aromatic carbocycles. The van der Waals surface area contributed by atoms with Gasteiger partial charge in [-0.15, -0.1) is 0 Å². The second-order valence-corrected chi connectivity index (χ2v) is 9.19. The molecule has 0 aliphatic rings. The first kappa shape index (κ1) is 22.4. The van der Waals surface area contributed by atoms with E-state index in [2.05, 4.69) is 10.6 Å². The van der Waals surface area contributed by atoms with Gasteiger partial charge in [-0.2, -0.15) is 0 Å². The molecule has 6 nitrogen and oxygen atoms in total. The maximum absolute atomic E-state index is 13.2. The Morgan fingerprint density at radius 3 is 2.32 bits per heavy atom. The average Bonchev–Trinajstić information content (AvgIpc) is 2.74. The molecule has 7 heteroatoms. The minimum atomic E-state index is -3.68. The highest BCUT2D eigenvalue weighted by molar-refractivity contribution is 7.91. The fourth-order valence-corrected chi connectivity index (χ4v) is 5.20. The molecule has 31 heavy (non-hydrogen) atoms. The normalized spacial score (nSPS) is 11.1. The van der Waals surface area contributed by atoms with Crippen molar-refractivity contribution in [3.05, 3.63) is 77.4 Å². The van der Waals surface area contributed by atoms with Crippen molar-refractivity contribution in [2.75, 3.05) is 24.3 Å². The van der Waals surface area contributed by atoms with Gasteiger partial charge >= 0.3 is 0 Å². The summed E-state index contributed by atoms with van der Waals surface area (Å²) in [6.45, 7) is 5.42. The van der Waals surface area contributed by atoms with Crippen molar-refractivity contribution in [3.63, 3.8) is 0 Å². The number of sulfone groups is 1. The highest BCUT2D eigenvalue weighted by Gasteiger charge is 2.23. The standard InChI is InChI=1S/C24H26N2O4S/c1-16-10-13-22(30-4)21(14-16)26-23(27)15-25-20-12-11-17(2)24(18(20)3)31(28,29)19-8-6-5-7-9-19/h5-14,25H,15H2,1-4H3,(H,26,27). The number of carbonyl (C=O) groups is 1. The van der Waals surface area contributed by atoms with E-state index in [1.165, 1.54) is 0 Å². The molecule has 162 valence electrons. The Bertz CT molecular complexity index is 1210. The summed E-state index contributed by atoms with van der Waals surface area (Å²) >= 11 is 0. The van der Waals surface area contributed by atoms with Gasteiger partial charge in [0.15, 0.2) is 0 Å². The Kier molecular flexibility index (Phi) is 6.65. The van der Waals surface area contributed by atoms with E-state index in [1.807, 2.05) is 19.1 Å². The number of amides is 1. The van der Waals surface area contributed by atoms with Crippen LogP contribution in [0.2, 0.25) is 0 Å². The summed E-state index contributed by atoms with van der Waals surface area (Å²) in [5.41, 5.74) is 3.40. The smallest absolute Gasteiger partial charge is 0.243 e. The fourth-order valence-electron chi connectivity index (χ4n) is 3.44. The van der Waals surface area contributed by atoms with Crippen LogP contribution in [-0.4, -0.2) is 28.0 Å². The Morgan fingerprint density at radius 2 is 1.65 bits per heavy atom. The van der Waals surface area contributed by atoms with Crippen LogP contribution in [0.25, 0.3) is 0 Å². The van der Waals surface area contributed by atoms with E-state index >= 15 is 0 Å². The molecule has 0 aromatic heterocycles. The maximum Gasteiger partial charge on any atom is 0.243 e. The van der Waals surface area contributed by atoms with Crippen molar-refractivity contribution in [1.82, 2.24) is 0 Å². The molecule has 0 saturated carbocycles. The predicted octanol–water partition coefficient (Wildman–Crippen LogP) is 4.50. The molecule has 2 N–H and O–H groups in total. The van der Waals surface area contributed by atoms with Crippen molar-refractivity contribution in [3.8, 4) is 5.75 Å². The first-order valence-electron chi connectivity index (χ1n) is 9.82. The lowest BCUT2D eigenvalue weighted by Crippen LogP contribution is -2.22. The lowest BCUT2D eigenvalue weighted by atomic mass is 10.1. The first-order valence-corrected chi connectivity index (χ1v) is 11.3. The Balaban J connectivity index is 1.82. The van der Waals surface area contributed by atoms with E-state index in [0.29, 0.717) is 28.3 Å². The molecular formula is C24H26N2O4S. The number of rotatable bonds is 7. The van der Waals surface area contributed by atoms with Gasteiger partial charge in [-0.1, -0.05) is 30.3 Å². The topological polar surface area (TPSA) is 84.5 Å². The van der Waals surface area contributed by atoms with Crippen molar-refractivity contribution < 1.29 is 17.9 Å². The van der Waals surface area contributed by atoms with Crippen molar-refractivity contribution in [2.45, 2.75) is 30.6 Å². The van der Waals surface area contributed by atoms with E-state index in [1.54, 1.807) is 69.5 Å². The summed E-state index contributed by atoms with van der Waals surface area (Å²) in [6.07, 6.45) is 0. The second-order valence-electron chi connectivity index (χ2n) is 7.31. The minimum absolute atomic E-state index is 0.0220. The number of nitrogens with one attached hydrogen (secondary N) is 2.